The molecule has 1 aliphatic heterocycles. The molecule has 7 nitrogen and oxygen atoms in total. The maximum atomic E-state index is 13.3. The van der Waals surface area contributed by atoms with Crippen LogP contribution in [0.25, 0.3) is 0 Å². The lowest BCUT2D eigenvalue weighted by molar-refractivity contribution is -0.129. The molecule has 4 rings (SSSR count). The first-order valence-corrected chi connectivity index (χ1v) is 12.5. The SMILES string of the molecule is COc1ccc(CN2C(=O)CC(C(=O)Nc3cccc(Br)c3)SC2=Nc2ccccc2)cc1OC. The predicted molar refractivity (Wildman–Crippen MR) is 142 cm³/mol. The number of ether oxygens (including phenoxy) is 2. The van der Waals surface area contributed by atoms with Crippen molar-refractivity contribution in [3.63, 3.8) is 0 Å². The molecule has 0 aliphatic carbocycles. The average Bonchev–Trinajstić information content (AvgIpc) is 2.86. The fourth-order valence-electron chi connectivity index (χ4n) is 3.56. The van der Waals surface area contributed by atoms with E-state index in [4.69, 9.17) is 14.5 Å². The van der Waals surface area contributed by atoms with Crippen molar-refractivity contribution in [3.8, 4) is 11.5 Å². The zero-order valence-electron chi connectivity index (χ0n) is 19.2. The minimum atomic E-state index is -0.606. The Hall–Kier alpha value is -3.30. The minimum absolute atomic E-state index is 0.0611. The van der Waals surface area contributed by atoms with E-state index in [-0.39, 0.29) is 24.8 Å². The van der Waals surface area contributed by atoms with Crippen LogP contribution >= 0.6 is 27.7 Å². The van der Waals surface area contributed by atoms with Crippen molar-refractivity contribution in [2.24, 2.45) is 4.99 Å². The monoisotopic (exact) mass is 553 g/mol. The molecule has 180 valence electrons. The standard InChI is InChI=1S/C26H24BrN3O4S/c1-33-21-12-11-17(13-22(21)34-2)16-30-24(31)15-23(25(32)28-20-10-6-7-18(27)14-20)35-26(30)29-19-8-4-3-5-9-19/h3-14,23H,15-16H2,1-2H3,(H,28,32). The van der Waals surface area contributed by atoms with Gasteiger partial charge >= 0.3 is 0 Å². The molecule has 35 heavy (non-hydrogen) atoms. The molecular formula is C26H24BrN3O4S. The lowest BCUT2D eigenvalue weighted by Crippen LogP contribution is -2.44. The molecule has 9 heteroatoms. The highest BCUT2D eigenvalue weighted by Gasteiger charge is 2.36. The van der Waals surface area contributed by atoms with Crippen LogP contribution in [0.4, 0.5) is 11.4 Å². The molecule has 0 spiro atoms. The fraction of sp³-hybridized carbons (Fsp3) is 0.192. The quantitative estimate of drug-likeness (QED) is 0.410. The summed E-state index contributed by atoms with van der Waals surface area (Å²) in [6, 6.07) is 22.2. The molecule has 0 bridgehead atoms. The highest BCUT2D eigenvalue weighted by atomic mass is 79.9. The number of halogens is 1. The number of hydrogen-bond donors (Lipinski definition) is 1. The Labute approximate surface area is 216 Å². The van der Waals surface area contributed by atoms with Gasteiger partial charge in [-0.1, -0.05) is 58.0 Å². The van der Waals surface area contributed by atoms with E-state index in [1.165, 1.54) is 11.8 Å². The Morgan fingerprint density at radius 3 is 2.54 bits per heavy atom. The topological polar surface area (TPSA) is 80.2 Å². The van der Waals surface area contributed by atoms with Gasteiger partial charge in [-0.25, -0.2) is 4.99 Å². The number of aliphatic imine (C=N–C) groups is 1. The Morgan fingerprint density at radius 2 is 1.83 bits per heavy atom. The predicted octanol–water partition coefficient (Wildman–Crippen LogP) is 5.63. The molecule has 1 aliphatic rings. The van der Waals surface area contributed by atoms with E-state index < -0.39 is 5.25 Å². The largest absolute Gasteiger partial charge is 0.493 e. The lowest BCUT2D eigenvalue weighted by atomic mass is 10.1. The summed E-state index contributed by atoms with van der Waals surface area (Å²) in [7, 11) is 3.15. The zero-order chi connectivity index (χ0) is 24.8. The maximum Gasteiger partial charge on any atom is 0.238 e. The first-order valence-electron chi connectivity index (χ1n) is 10.8. The van der Waals surface area contributed by atoms with Crippen LogP contribution in [0.15, 0.2) is 82.3 Å². The molecular weight excluding hydrogens is 530 g/mol. The zero-order valence-corrected chi connectivity index (χ0v) is 21.6. The van der Waals surface area contributed by atoms with Crippen molar-refractivity contribution >= 4 is 56.0 Å². The van der Waals surface area contributed by atoms with E-state index in [1.54, 1.807) is 31.3 Å². The van der Waals surface area contributed by atoms with Crippen LogP contribution in [-0.4, -0.2) is 41.4 Å². The fourth-order valence-corrected chi connectivity index (χ4v) is 5.06. The summed E-state index contributed by atoms with van der Waals surface area (Å²) in [5, 5.41) is 2.77. The number of amides is 2. The van der Waals surface area contributed by atoms with Crippen molar-refractivity contribution in [2.45, 2.75) is 18.2 Å². The Morgan fingerprint density at radius 1 is 1.06 bits per heavy atom. The average molecular weight is 554 g/mol. The number of nitrogens with one attached hydrogen (secondary N) is 1. The summed E-state index contributed by atoms with van der Waals surface area (Å²) in [5.41, 5.74) is 2.22. The number of anilines is 1. The number of para-hydroxylation sites is 1. The van der Waals surface area contributed by atoms with E-state index in [0.717, 1.165) is 10.0 Å². The van der Waals surface area contributed by atoms with E-state index in [9.17, 15) is 9.59 Å². The summed E-state index contributed by atoms with van der Waals surface area (Å²) in [6.07, 6.45) is 0.0611. The van der Waals surface area contributed by atoms with Gasteiger partial charge in [-0.15, -0.1) is 0 Å². The van der Waals surface area contributed by atoms with Gasteiger partial charge in [0.25, 0.3) is 0 Å². The number of carbonyl (C=O) groups is 2. The van der Waals surface area contributed by atoms with E-state index in [1.807, 2.05) is 60.7 Å². The second kappa shape index (κ2) is 11.4. The first kappa shape index (κ1) is 24.8. The number of rotatable bonds is 7. The van der Waals surface area contributed by atoms with Gasteiger partial charge in [0.15, 0.2) is 16.7 Å². The van der Waals surface area contributed by atoms with Crippen LogP contribution < -0.4 is 14.8 Å². The molecule has 0 radical (unpaired) electrons. The van der Waals surface area contributed by atoms with Crippen LogP contribution in [0.2, 0.25) is 0 Å². The third-order valence-electron chi connectivity index (χ3n) is 5.29. The number of carbonyl (C=O) groups excluding carboxylic acids is 2. The van der Waals surface area contributed by atoms with Gasteiger partial charge < -0.3 is 14.8 Å². The van der Waals surface area contributed by atoms with Gasteiger partial charge in [0.05, 0.1) is 26.5 Å². The number of hydrogen-bond acceptors (Lipinski definition) is 6. The van der Waals surface area contributed by atoms with Gasteiger partial charge in [0.1, 0.15) is 5.25 Å². The summed E-state index contributed by atoms with van der Waals surface area (Å²) < 4.78 is 11.6. The van der Waals surface area contributed by atoms with Gasteiger partial charge in [-0.2, -0.15) is 0 Å². The van der Waals surface area contributed by atoms with E-state index in [0.29, 0.717) is 28.0 Å². The van der Waals surface area contributed by atoms with Gasteiger partial charge in [-0.3, -0.25) is 14.5 Å². The number of methoxy groups -OCH3 is 2. The molecule has 1 unspecified atom stereocenters. The number of amidine groups is 1. The van der Waals surface area contributed by atoms with Crippen molar-refractivity contribution in [1.82, 2.24) is 4.90 Å². The maximum absolute atomic E-state index is 13.3. The molecule has 1 fully saturated rings. The van der Waals surface area contributed by atoms with Crippen molar-refractivity contribution < 1.29 is 19.1 Å². The van der Waals surface area contributed by atoms with Crippen LogP contribution in [0, 0.1) is 0 Å². The summed E-state index contributed by atoms with van der Waals surface area (Å²) in [5.74, 6) is 0.767. The molecule has 3 aromatic carbocycles. The van der Waals surface area contributed by atoms with Crippen molar-refractivity contribution in [3.05, 3.63) is 82.8 Å². The third-order valence-corrected chi connectivity index (χ3v) is 6.97. The minimum Gasteiger partial charge on any atom is -0.493 e. The molecule has 2 amide bonds. The van der Waals surface area contributed by atoms with Crippen molar-refractivity contribution in [1.29, 1.82) is 0 Å². The van der Waals surface area contributed by atoms with Gasteiger partial charge in [-0.05, 0) is 48.0 Å². The third kappa shape index (κ3) is 6.23. The number of nitrogens with zero attached hydrogens (tertiary/aromatic N) is 2. The number of benzene rings is 3. The normalized spacial score (nSPS) is 16.8. The van der Waals surface area contributed by atoms with Crippen LogP contribution in [0.3, 0.4) is 0 Å². The second-order valence-corrected chi connectivity index (χ2v) is 9.79. The smallest absolute Gasteiger partial charge is 0.238 e. The van der Waals surface area contributed by atoms with Crippen molar-refractivity contribution in [2.75, 3.05) is 19.5 Å². The number of thioether (sulfide) groups is 1. The summed E-state index contributed by atoms with van der Waals surface area (Å²) in [6.45, 7) is 0.290. The van der Waals surface area contributed by atoms with Gasteiger partial charge in [0, 0.05) is 16.6 Å². The molecule has 0 aromatic heterocycles. The molecule has 1 saturated heterocycles. The highest BCUT2D eigenvalue weighted by Crippen LogP contribution is 2.33. The Bertz CT molecular complexity index is 1250. The van der Waals surface area contributed by atoms with Crippen LogP contribution in [0.1, 0.15) is 12.0 Å². The summed E-state index contributed by atoms with van der Waals surface area (Å²) in [4.78, 5) is 32.7. The van der Waals surface area contributed by atoms with E-state index in [2.05, 4.69) is 21.2 Å². The highest BCUT2D eigenvalue weighted by molar-refractivity contribution is 9.10. The molecule has 1 N–H and O–H groups in total. The van der Waals surface area contributed by atoms with Crippen LogP contribution in [-0.2, 0) is 16.1 Å². The van der Waals surface area contributed by atoms with E-state index >= 15 is 0 Å². The van der Waals surface area contributed by atoms with Gasteiger partial charge in [0.2, 0.25) is 11.8 Å². The molecule has 3 aromatic rings. The van der Waals surface area contributed by atoms with Crippen LogP contribution in [0.5, 0.6) is 11.5 Å². The Kier molecular flexibility index (Phi) is 8.09. The second-order valence-electron chi connectivity index (χ2n) is 7.71. The molecule has 0 saturated carbocycles. The molecule has 1 atom stereocenters. The lowest BCUT2D eigenvalue weighted by Gasteiger charge is -2.32. The summed E-state index contributed by atoms with van der Waals surface area (Å²) >= 11 is 4.69. The molecule has 1 heterocycles. The first-order chi connectivity index (χ1) is 17.0. The Balaban J connectivity index is 1.60.